The van der Waals surface area contributed by atoms with E-state index in [1.165, 1.54) is 6.07 Å². The van der Waals surface area contributed by atoms with Crippen molar-refractivity contribution >= 4 is 11.9 Å². The third kappa shape index (κ3) is 4.03. The zero-order valence-electron chi connectivity index (χ0n) is 14.6. The third-order valence-electron chi connectivity index (χ3n) is 4.06. The summed E-state index contributed by atoms with van der Waals surface area (Å²) in [6, 6.07) is 12.8. The van der Waals surface area contributed by atoms with E-state index < -0.39 is 17.6 Å². The van der Waals surface area contributed by atoms with Crippen LogP contribution in [0.3, 0.4) is 0 Å². The Labute approximate surface area is 162 Å². The van der Waals surface area contributed by atoms with Gasteiger partial charge < -0.3 is 8.83 Å². The standard InChI is InChI=1S/C20H12F3N3O3/c21-20(22,23)16-6-2-4-13(10-16)17(27)24-19-26-25-18(29-19)14-5-1-3-12(9-14)15-7-8-28-11-15/h1-11H,(H,24,26,27). The Bertz CT molecular complexity index is 1150. The van der Waals surface area contributed by atoms with E-state index in [9.17, 15) is 18.0 Å². The molecule has 6 nitrogen and oxygen atoms in total. The highest BCUT2D eigenvalue weighted by Gasteiger charge is 2.31. The molecular formula is C20H12F3N3O3. The highest BCUT2D eigenvalue weighted by molar-refractivity contribution is 6.03. The second-order valence-electron chi connectivity index (χ2n) is 6.04. The van der Waals surface area contributed by atoms with E-state index in [4.69, 9.17) is 8.83 Å². The summed E-state index contributed by atoms with van der Waals surface area (Å²) in [6.45, 7) is 0. The van der Waals surface area contributed by atoms with Crippen molar-refractivity contribution in [3.8, 4) is 22.6 Å². The first-order valence-corrected chi connectivity index (χ1v) is 8.35. The Kier molecular flexibility index (Phi) is 4.63. The first kappa shape index (κ1) is 18.5. The zero-order chi connectivity index (χ0) is 20.4. The molecule has 0 bridgehead atoms. The summed E-state index contributed by atoms with van der Waals surface area (Å²) >= 11 is 0. The number of hydrogen-bond donors (Lipinski definition) is 1. The van der Waals surface area contributed by atoms with E-state index in [0.29, 0.717) is 5.56 Å². The monoisotopic (exact) mass is 399 g/mol. The fourth-order valence-electron chi connectivity index (χ4n) is 2.66. The molecule has 9 heteroatoms. The molecule has 0 spiro atoms. The number of nitrogens with one attached hydrogen (secondary N) is 1. The molecule has 0 aliphatic heterocycles. The lowest BCUT2D eigenvalue weighted by molar-refractivity contribution is -0.137. The van der Waals surface area contributed by atoms with Crippen molar-refractivity contribution in [2.45, 2.75) is 6.18 Å². The van der Waals surface area contributed by atoms with Crippen LogP contribution in [0.5, 0.6) is 0 Å². The Balaban J connectivity index is 1.53. The van der Waals surface area contributed by atoms with Crippen molar-refractivity contribution in [3.05, 3.63) is 78.3 Å². The van der Waals surface area contributed by atoms with Crippen molar-refractivity contribution in [1.82, 2.24) is 10.2 Å². The van der Waals surface area contributed by atoms with Crippen molar-refractivity contribution in [2.24, 2.45) is 0 Å². The highest BCUT2D eigenvalue weighted by atomic mass is 19.4. The number of carbonyl (C=O) groups excluding carboxylic acids is 1. The van der Waals surface area contributed by atoms with Crippen LogP contribution in [-0.4, -0.2) is 16.1 Å². The quantitative estimate of drug-likeness (QED) is 0.506. The van der Waals surface area contributed by atoms with Crippen molar-refractivity contribution in [2.75, 3.05) is 5.32 Å². The largest absolute Gasteiger partial charge is 0.472 e. The fourth-order valence-corrected chi connectivity index (χ4v) is 2.66. The molecule has 2 aromatic heterocycles. The molecule has 0 saturated carbocycles. The number of halogens is 3. The molecule has 0 radical (unpaired) electrons. The number of nitrogens with zero attached hydrogens (tertiary/aromatic N) is 2. The van der Waals surface area contributed by atoms with E-state index in [-0.39, 0.29) is 17.5 Å². The molecule has 4 aromatic rings. The average Bonchev–Trinajstić information content (AvgIpc) is 3.40. The lowest BCUT2D eigenvalue weighted by Crippen LogP contribution is -2.14. The van der Waals surface area contributed by atoms with Crippen LogP contribution < -0.4 is 5.32 Å². The molecule has 2 heterocycles. The first-order valence-electron chi connectivity index (χ1n) is 8.35. The van der Waals surface area contributed by atoms with Gasteiger partial charge in [-0.05, 0) is 42.0 Å². The number of anilines is 1. The number of carbonyl (C=O) groups is 1. The van der Waals surface area contributed by atoms with E-state index >= 15 is 0 Å². The molecule has 0 aliphatic carbocycles. The van der Waals surface area contributed by atoms with Gasteiger partial charge in [-0.1, -0.05) is 23.3 Å². The molecule has 0 aliphatic rings. The maximum Gasteiger partial charge on any atom is 0.416 e. The van der Waals surface area contributed by atoms with Gasteiger partial charge >= 0.3 is 12.2 Å². The summed E-state index contributed by atoms with van der Waals surface area (Å²) in [5.74, 6) is -0.645. The summed E-state index contributed by atoms with van der Waals surface area (Å²) in [7, 11) is 0. The lowest BCUT2D eigenvalue weighted by Gasteiger charge is -2.07. The second-order valence-corrected chi connectivity index (χ2v) is 6.04. The summed E-state index contributed by atoms with van der Waals surface area (Å²) < 4.78 is 48.9. The highest BCUT2D eigenvalue weighted by Crippen LogP contribution is 2.30. The number of amides is 1. The molecule has 1 N–H and O–H groups in total. The first-order chi connectivity index (χ1) is 13.9. The second kappa shape index (κ2) is 7.27. The fraction of sp³-hybridized carbons (Fsp3) is 0.0500. The van der Waals surface area contributed by atoms with Gasteiger partial charge in [0.1, 0.15) is 0 Å². The summed E-state index contributed by atoms with van der Waals surface area (Å²) in [6.07, 6.45) is -1.41. The van der Waals surface area contributed by atoms with Gasteiger partial charge in [0.2, 0.25) is 5.89 Å². The number of benzene rings is 2. The van der Waals surface area contributed by atoms with Crippen LogP contribution in [0.2, 0.25) is 0 Å². The lowest BCUT2D eigenvalue weighted by atomic mass is 10.1. The number of alkyl halides is 3. The van der Waals surface area contributed by atoms with Gasteiger partial charge in [-0.15, -0.1) is 5.10 Å². The van der Waals surface area contributed by atoms with E-state index in [1.54, 1.807) is 36.8 Å². The molecule has 2 aromatic carbocycles. The zero-order valence-corrected chi connectivity index (χ0v) is 14.6. The molecule has 4 rings (SSSR count). The molecule has 0 unspecified atom stereocenters. The Hall–Kier alpha value is -3.88. The van der Waals surface area contributed by atoms with Gasteiger partial charge in [0.05, 0.1) is 18.1 Å². The molecule has 0 fully saturated rings. The van der Waals surface area contributed by atoms with Crippen LogP contribution in [-0.2, 0) is 6.18 Å². The Morgan fingerprint density at radius 2 is 1.72 bits per heavy atom. The van der Waals surface area contributed by atoms with E-state index in [0.717, 1.165) is 29.3 Å². The SMILES string of the molecule is O=C(Nc1nnc(-c2cccc(-c3ccoc3)c2)o1)c1cccc(C(F)(F)F)c1. The normalized spacial score (nSPS) is 11.4. The van der Waals surface area contributed by atoms with Crippen LogP contribution >= 0.6 is 0 Å². The molecule has 1 amide bonds. The summed E-state index contributed by atoms with van der Waals surface area (Å²) in [4.78, 5) is 12.2. The predicted molar refractivity (Wildman–Crippen MR) is 96.8 cm³/mol. The smallest absolute Gasteiger partial charge is 0.416 e. The Morgan fingerprint density at radius 3 is 2.48 bits per heavy atom. The van der Waals surface area contributed by atoms with Gasteiger partial charge in [0.15, 0.2) is 0 Å². The predicted octanol–water partition coefficient (Wildman–Crippen LogP) is 5.27. The average molecular weight is 399 g/mol. The minimum atomic E-state index is -4.55. The molecule has 146 valence electrons. The van der Waals surface area contributed by atoms with Crippen LogP contribution in [0.4, 0.5) is 19.2 Å². The minimum Gasteiger partial charge on any atom is -0.472 e. The topological polar surface area (TPSA) is 81.2 Å². The van der Waals surface area contributed by atoms with Gasteiger partial charge in [0.25, 0.3) is 5.91 Å². The maximum atomic E-state index is 12.8. The van der Waals surface area contributed by atoms with Crippen molar-refractivity contribution < 1.29 is 26.8 Å². The molecule has 0 saturated heterocycles. The van der Waals surface area contributed by atoms with Gasteiger partial charge in [-0.25, -0.2) is 0 Å². The summed E-state index contributed by atoms with van der Waals surface area (Å²) in [5, 5.41) is 9.92. The van der Waals surface area contributed by atoms with E-state index in [2.05, 4.69) is 15.5 Å². The molecule has 29 heavy (non-hydrogen) atoms. The van der Waals surface area contributed by atoms with Crippen LogP contribution in [0, 0.1) is 0 Å². The Morgan fingerprint density at radius 1 is 0.931 bits per heavy atom. The summed E-state index contributed by atoms with van der Waals surface area (Å²) in [5.41, 5.74) is 1.23. The van der Waals surface area contributed by atoms with Gasteiger partial charge in [0, 0.05) is 16.7 Å². The van der Waals surface area contributed by atoms with Crippen LogP contribution in [0.15, 0.2) is 76.0 Å². The third-order valence-corrected chi connectivity index (χ3v) is 4.06. The molecular weight excluding hydrogens is 387 g/mol. The maximum absolute atomic E-state index is 12.8. The molecule has 0 atom stereocenters. The number of aromatic nitrogens is 2. The van der Waals surface area contributed by atoms with E-state index in [1.807, 2.05) is 6.07 Å². The van der Waals surface area contributed by atoms with Crippen molar-refractivity contribution in [1.29, 1.82) is 0 Å². The van der Waals surface area contributed by atoms with Crippen LogP contribution in [0.25, 0.3) is 22.6 Å². The van der Waals surface area contributed by atoms with Crippen LogP contribution in [0.1, 0.15) is 15.9 Å². The number of hydrogen-bond acceptors (Lipinski definition) is 5. The number of rotatable bonds is 4. The van der Waals surface area contributed by atoms with Gasteiger partial charge in [-0.3, -0.25) is 10.1 Å². The minimum absolute atomic E-state index is 0.148. The van der Waals surface area contributed by atoms with Crippen molar-refractivity contribution in [3.63, 3.8) is 0 Å². The van der Waals surface area contributed by atoms with Gasteiger partial charge in [-0.2, -0.15) is 13.2 Å². The number of furan rings is 1.